The van der Waals surface area contributed by atoms with Crippen molar-refractivity contribution in [3.05, 3.63) is 59.7 Å². The lowest BCUT2D eigenvalue weighted by Crippen LogP contribution is -2.25. The fourth-order valence-corrected chi connectivity index (χ4v) is 2.06. The fraction of sp³-hybridized carbons (Fsp3) is 0.235. The lowest BCUT2D eigenvalue weighted by atomic mass is 10.1. The topological polar surface area (TPSA) is 47.6 Å². The van der Waals surface area contributed by atoms with Crippen molar-refractivity contribution in [1.29, 1.82) is 0 Å². The molecular formula is C17H17F2NO3. The van der Waals surface area contributed by atoms with Crippen LogP contribution in [0.4, 0.5) is 8.78 Å². The number of ether oxygens (including phenoxy) is 2. The molecule has 1 N–H and O–H groups in total. The molecule has 0 atom stereocenters. The predicted octanol–water partition coefficient (Wildman–Crippen LogP) is 3.27. The molecule has 0 aliphatic rings. The minimum Gasteiger partial charge on any atom is -0.497 e. The highest BCUT2D eigenvalue weighted by molar-refractivity contribution is 5.94. The lowest BCUT2D eigenvalue weighted by Gasteiger charge is -2.08. The van der Waals surface area contributed by atoms with Crippen LogP contribution in [0.3, 0.4) is 0 Å². The number of benzene rings is 2. The van der Waals surface area contributed by atoms with Crippen LogP contribution >= 0.6 is 0 Å². The Morgan fingerprint density at radius 2 is 1.87 bits per heavy atom. The van der Waals surface area contributed by atoms with Crippen molar-refractivity contribution >= 4 is 5.91 Å². The molecule has 2 aromatic rings. The summed E-state index contributed by atoms with van der Waals surface area (Å²) in [6.45, 7) is -2.49. The van der Waals surface area contributed by atoms with E-state index in [2.05, 4.69) is 10.1 Å². The summed E-state index contributed by atoms with van der Waals surface area (Å²) in [6, 6.07) is 13.2. The highest BCUT2D eigenvalue weighted by Gasteiger charge is 2.09. The number of methoxy groups -OCH3 is 1. The van der Waals surface area contributed by atoms with Crippen LogP contribution < -0.4 is 14.8 Å². The minimum absolute atomic E-state index is 0.0413. The Labute approximate surface area is 133 Å². The van der Waals surface area contributed by atoms with Gasteiger partial charge in [-0.25, -0.2) is 0 Å². The molecule has 0 aliphatic carbocycles. The summed E-state index contributed by atoms with van der Waals surface area (Å²) >= 11 is 0. The van der Waals surface area contributed by atoms with Gasteiger partial charge in [0.25, 0.3) is 5.91 Å². The summed E-state index contributed by atoms with van der Waals surface area (Å²) in [4.78, 5) is 12.0. The molecule has 0 fully saturated rings. The first-order chi connectivity index (χ1) is 11.1. The molecule has 23 heavy (non-hydrogen) atoms. The van der Waals surface area contributed by atoms with Crippen LogP contribution in [-0.2, 0) is 6.42 Å². The van der Waals surface area contributed by atoms with Crippen LogP contribution in [0.1, 0.15) is 15.9 Å². The normalized spacial score (nSPS) is 10.4. The number of hydrogen-bond acceptors (Lipinski definition) is 3. The van der Waals surface area contributed by atoms with Crippen molar-refractivity contribution in [2.24, 2.45) is 0 Å². The molecule has 1 amide bonds. The standard InChI is InChI=1S/C17H17F2NO3/c1-22-14-6-2-4-12(10-14)8-9-20-16(21)13-5-3-7-15(11-13)23-17(18)19/h2-7,10-11,17H,8-9H2,1H3,(H,20,21). The van der Waals surface area contributed by atoms with E-state index in [1.54, 1.807) is 13.2 Å². The van der Waals surface area contributed by atoms with Gasteiger partial charge in [-0.1, -0.05) is 18.2 Å². The molecule has 0 unspecified atom stereocenters. The number of rotatable bonds is 7. The van der Waals surface area contributed by atoms with Gasteiger partial charge in [-0.2, -0.15) is 8.78 Å². The Morgan fingerprint density at radius 3 is 2.61 bits per heavy atom. The van der Waals surface area contributed by atoms with E-state index in [0.29, 0.717) is 13.0 Å². The van der Waals surface area contributed by atoms with Crippen molar-refractivity contribution in [3.63, 3.8) is 0 Å². The third-order valence-corrected chi connectivity index (χ3v) is 3.15. The highest BCUT2D eigenvalue weighted by atomic mass is 19.3. The van der Waals surface area contributed by atoms with Gasteiger partial charge >= 0.3 is 6.61 Å². The number of carbonyl (C=O) groups excluding carboxylic acids is 1. The summed E-state index contributed by atoms with van der Waals surface area (Å²) in [5, 5.41) is 2.74. The maximum Gasteiger partial charge on any atom is 0.387 e. The van der Waals surface area contributed by atoms with E-state index < -0.39 is 6.61 Å². The molecule has 0 spiro atoms. The molecule has 2 rings (SSSR count). The predicted molar refractivity (Wildman–Crippen MR) is 82.1 cm³/mol. The van der Waals surface area contributed by atoms with E-state index >= 15 is 0 Å². The second kappa shape index (κ2) is 8.12. The van der Waals surface area contributed by atoms with E-state index in [1.165, 1.54) is 18.2 Å². The van der Waals surface area contributed by atoms with Gasteiger partial charge in [-0.05, 0) is 42.3 Å². The summed E-state index contributed by atoms with van der Waals surface area (Å²) in [5.74, 6) is 0.374. The quantitative estimate of drug-likeness (QED) is 0.851. The number of carbonyl (C=O) groups is 1. The van der Waals surface area contributed by atoms with Gasteiger partial charge in [0, 0.05) is 12.1 Å². The summed E-state index contributed by atoms with van der Waals surface area (Å²) in [6.07, 6.45) is 0.635. The van der Waals surface area contributed by atoms with E-state index in [4.69, 9.17) is 4.74 Å². The Morgan fingerprint density at radius 1 is 1.13 bits per heavy atom. The number of hydrogen-bond donors (Lipinski definition) is 1. The Balaban J connectivity index is 1.89. The maximum atomic E-state index is 12.2. The molecule has 2 aromatic carbocycles. The fourth-order valence-electron chi connectivity index (χ4n) is 2.06. The highest BCUT2D eigenvalue weighted by Crippen LogP contribution is 2.16. The van der Waals surface area contributed by atoms with E-state index in [1.807, 2.05) is 24.3 Å². The van der Waals surface area contributed by atoms with Gasteiger partial charge in [-0.15, -0.1) is 0 Å². The van der Waals surface area contributed by atoms with E-state index in [-0.39, 0.29) is 17.2 Å². The van der Waals surface area contributed by atoms with Crippen molar-refractivity contribution in [1.82, 2.24) is 5.32 Å². The smallest absolute Gasteiger partial charge is 0.387 e. The summed E-state index contributed by atoms with van der Waals surface area (Å²) < 4.78 is 33.8. The van der Waals surface area contributed by atoms with Crippen molar-refractivity contribution < 1.29 is 23.0 Å². The molecule has 4 nitrogen and oxygen atoms in total. The first-order valence-corrected chi connectivity index (χ1v) is 7.04. The zero-order chi connectivity index (χ0) is 16.7. The van der Waals surface area contributed by atoms with Crippen molar-refractivity contribution in [2.45, 2.75) is 13.0 Å². The zero-order valence-corrected chi connectivity index (χ0v) is 12.6. The third-order valence-electron chi connectivity index (χ3n) is 3.15. The Bertz CT molecular complexity index is 662. The van der Waals surface area contributed by atoms with Crippen LogP contribution in [0, 0.1) is 0 Å². The van der Waals surface area contributed by atoms with Gasteiger partial charge < -0.3 is 14.8 Å². The van der Waals surface area contributed by atoms with Crippen LogP contribution in [0.25, 0.3) is 0 Å². The second-order valence-corrected chi connectivity index (χ2v) is 4.76. The van der Waals surface area contributed by atoms with Crippen LogP contribution in [0.2, 0.25) is 0 Å². The average Bonchev–Trinajstić information content (AvgIpc) is 2.54. The van der Waals surface area contributed by atoms with Crippen LogP contribution in [-0.4, -0.2) is 26.2 Å². The van der Waals surface area contributed by atoms with Gasteiger partial charge in [0.1, 0.15) is 11.5 Å². The molecule has 6 heteroatoms. The van der Waals surface area contributed by atoms with Crippen molar-refractivity contribution in [3.8, 4) is 11.5 Å². The summed E-state index contributed by atoms with van der Waals surface area (Å²) in [5.41, 5.74) is 1.30. The van der Waals surface area contributed by atoms with Crippen LogP contribution in [0.15, 0.2) is 48.5 Å². The summed E-state index contributed by atoms with van der Waals surface area (Å²) in [7, 11) is 1.59. The first kappa shape index (κ1) is 16.7. The second-order valence-electron chi connectivity index (χ2n) is 4.76. The maximum absolute atomic E-state index is 12.2. The number of amides is 1. The molecule has 0 aromatic heterocycles. The number of halogens is 2. The molecule has 0 saturated heterocycles. The minimum atomic E-state index is -2.92. The van der Waals surface area contributed by atoms with E-state index in [0.717, 1.165) is 11.3 Å². The molecule has 0 radical (unpaired) electrons. The molecule has 0 aliphatic heterocycles. The van der Waals surface area contributed by atoms with Crippen molar-refractivity contribution in [2.75, 3.05) is 13.7 Å². The first-order valence-electron chi connectivity index (χ1n) is 7.04. The van der Waals surface area contributed by atoms with Gasteiger partial charge in [0.05, 0.1) is 7.11 Å². The zero-order valence-electron chi connectivity index (χ0n) is 12.6. The van der Waals surface area contributed by atoms with Gasteiger partial charge in [0.15, 0.2) is 0 Å². The lowest BCUT2D eigenvalue weighted by molar-refractivity contribution is -0.0498. The van der Waals surface area contributed by atoms with E-state index in [9.17, 15) is 13.6 Å². The molecule has 0 saturated carbocycles. The van der Waals surface area contributed by atoms with Gasteiger partial charge in [-0.3, -0.25) is 4.79 Å². The number of nitrogens with one attached hydrogen (secondary N) is 1. The Hall–Kier alpha value is -2.63. The van der Waals surface area contributed by atoms with Gasteiger partial charge in [0.2, 0.25) is 0 Å². The van der Waals surface area contributed by atoms with Crippen LogP contribution in [0.5, 0.6) is 11.5 Å². The molecular weight excluding hydrogens is 304 g/mol. The molecule has 122 valence electrons. The number of alkyl halides is 2. The largest absolute Gasteiger partial charge is 0.497 e. The SMILES string of the molecule is COc1cccc(CCNC(=O)c2cccc(OC(F)F)c2)c1. The third kappa shape index (κ3) is 5.25. The molecule has 0 heterocycles. The molecule has 0 bridgehead atoms. The Kier molecular flexibility index (Phi) is 5.91. The average molecular weight is 321 g/mol. The monoisotopic (exact) mass is 321 g/mol.